The smallest absolute Gasteiger partial charge is 0.423 e. The standard InChI is InChI=1S/C26H23NO8/c1-11-8-19(29)17-10-15-13(5-6-14-21(15)25(32)27(24(14)31)26(33)35-3)20(22(17)23(11)30)16-9-12(34-2)4-7-18(16)28/h4-5,7-9,14-15,20-21,28H,6,10H2,1-3H3. The molecule has 9 heteroatoms. The topological polar surface area (TPSA) is 127 Å². The van der Waals surface area contributed by atoms with Gasteiger partial charge in [0.1, 0.15) is 11.5 Å². The maximum Gasteiger partial charge on any atom is 0.423 e. The zero-order chi connectivity index (χ0) is 25.2. The SMILES string of the molecule is COC(=O)N1C(=O)C2CC=C3C(c4cc(OC)ccc4O)C4=C(CC3C2C1=O)C(=O)C=C(C)C4=O. The molecule has 5 rings (SSSR count). The van der Waals surface area contributed by atoms with Gasteiger partial charge in [-0.05, 0) is 50.0 Å². The van der Waals surface area contributed by atoms with Gasteiger partial charge in [0.05, 0.1) is 26.1 Å². The number of aromatic hydroxyl groups is 1. The number of likely N-dealkylation sites (tertiary alicyclic amines) is 1. The van der Waals surface area contributed by atoms with E-state index in [2.05, 4.69) is 4.74 Å². The molecule has 0 bridgehead atoms. The van der Waals surface area contributed by atoms with Gasteiger partial charge >= 0.3 is 6.09 Å². The molecule has 4 atom stereocenters. The molecule has 3 aliphatic carbocycles. The van der Waals surface area contributed by atoms with E-state index in [4.69, 9.17) is 4.74 Å². The van der Waals surface area contributed by atoms with Crippen molar-refractivity contribution in [1.29, 1.82) is 0 Å². The van der Waals surface area contributed by atoms with Gasteiger partial charge in [-0.25, -0.2) is 4.79 Å². The lowest BCUT2D eigenvalue weighted by atomic mass is 9.59. The molecule has 1 N–H and O–H groups in total. The van der Waals surface area contributed by atoms with Crippen LogP contribution in [0.15, 0.2) is 52.6 Å². The van der Waals surface area contributed by atoms with Crippen molar-refractivity contribution in [3.8, 4) is 11.5 Å². The van der Waals surface area contributed by atoms with Crippen LogP contribution in [0, 0.1) is 17.8 Å². The second-order valence-corrected chi connectivity index (χ2v) is 9.14. The predicted octanol–water partition coefficient (Wildman–Crippen LogP) is 2.60. The molecule has 3 amide bonds. The number of carbonyl (C=O) groups excluding carboxylic acids is 5. The molecule has 4 aliphatic rings. The highest BCUT2D eigenvalue weighted by molar-refractivity contribution is 6.24. The summed E-state index contributed by atoms with van der Waals surface area (Å²) < 4.78 is 9.97. The first-order valence-electron chi connectivity index (χ1n) is 11.2. The molecule has 1 fully saturated rings. The van der Waals surface area contributed by atoms with E-state index in [1.54, 1.807) is 25.1 Å². The second kappa shape index (κ2) is 8.04. The van der Waals surface area contributed by atoms with Crippen molar-refractivity contribution in [2.75, 3.05) is 14.2 Å². The Morgan fingerprint density at radius 2 is 1.83 bits per heavy atom. The Morgan fingerprint density at radius 3 is 2.51 bits per heavy atom. The van der Waals surface area contributed by atoms with Crippen LogP contribution in [0.25, 0.3) is 0 Å². The van der Waals surface area contributed by atoms with Crippen molar-refractivity contribution in [2.45, 2.75) is 25.7 Å². The van der Waals surface area contributed by atoms with Crippen LogP contribution in [0.1, 0.15) is 31.2 Å². The van der Waals surface area contributed by atoms with Crippen LogP contribution in [0.2, 0.25) is 0 Å². The maximum absolute atomic E-state index is 13.3. The molecule has 0 aromatic heterocycles. The number of rotatable bonds is 2. The first kappa shape index (κ1) is 22.8. The van der Waals surface area contributed by atoms with Crippen molar-refractivity contribution >= 4 is 29.5 Å². The molecule has 4 unspecified atom stereocenters. The quantitative estimate of drug-likeness (QED) is 0.391. The lowest BCUT2D eigenvalue weighted by Gasteiger charge is -2.42. The zero-order valence-electron chi connectivity index (χ0n) is 19.4. The first-order chi connectivity index (χ1) is 16.7. The fraction of sp³-hybridized carbons (Fsp3) is 0.346. The molecule has 35 heavy (non-hydrogen) atoms. The van der Waals surface area contributed by atoms with Crippen LogP contribution in [0.3, 0.4) is 0 Å². The highest BCUT2D eigenvalue weighted by Crippen LogP contribution is 2.56. The lowest BCUT2D eigenvalue weighted by Crippen LogP contribution is -2.40. The Morgan fingerprint density at radius 1 is 1.09 bits per heavy atom. The van der Waals surface area contributed by atoms with Crippen LogP contribution in [-0.2, 0) is 23.9 Å². The number of ether oxygens (including phenoxy) is 2. The number of imide groups is 3. The van der Waals surface area contributed by atoms with Gasteiger partial charge in [0.25, 0.3) is 0 Å². The summed E-state index contributed by atoms with van der Waals surface area (Å²) in [5, 5.41) is 10.8. The minimum atomic E-state index is -1.05. The second-order valence-electron chi connectivity index (χ2n) is 9.14. The van der Waals surface area contributed by atoms with Crippen LogP contribution in [-0.4, -0.2) is 53.7 Å². The van der Waals surface area contributed by atoms with Crippen molar-refractivity contribution in [3.63, 3.8) is 0 Å². The third-order valence-electron chi connectivity index (χ3n) is 7.47. The largest absolute Gasteiger partial charge is 0.508 e. The van der Waals surface area contributed by atoms with E-state index < -0.39 is 41.6 Å². The number of allylic oxidation sites excluding steroid dienone is 6. The number of fused-ring (bicyclic) bond motifs is 3. The highest BCUT2D eigenvalue weighted by atomic mass is 16.5. The van der Waals surface area contributed by atoms with Gasteiger partial charge in [0.15, 0.2) is 11.6 Å². The average Bonchev–Trinajstić information content (AvgIpc) is 3.11. The average molecular weight is 477 g/mol. The molecule has 1 aliphatic heterocycles. The number of carbonyl (C=O) groups is 5. The molecule has 1 aromatic carbocycles. The number of hydrogen-bond donors (Lipinski definition) is 1. The predicted molar refractivity (Wildman–Crippen MR) is 120 cm³/mol. The summed E-state index contributed by atoms with van der Waals surface area (Å²) in [5.74, 6) is -4.69. The van der Waals surface area contributed by atoms with Gasteiger partial charge < -0.3 is 14.6 Å². The van der Waals surface area contributed by atoms with Gasteiger partial charge in [-0.1, -0.05) is 11.6 Å². The van der Waals surface area contributed by atoms with E-state index in [1.807, 2.05) is 0 Å². The fourth-order valence-corrected chi connectivity index (χ4v) is 5.88. The molecule has 180 valence electrons. The van der Waals surface area contributed by atoms with Crippen LogP contribution < -0.4 is 4.74 Å². The summed E-state index contributed by atoms with van der Waals surface area (Å²) >= 11 is 0. The number of benzene rings is 1. The number of Topliss-reactive ketones (excluding diaryl/α,β-unsaturated/α-hetero) is 1. The number of nitrogens with zero attached hydrogens (tertiary/aromatic N) is 1. The summed E-state index contributed by atoms with van der Waals surface area (Å²) in [4.78, 5) is 65.4. The Labute approximate surface area is 200 Å². The van der Waals surface area contributed by atoms with Crippen molar-refractivity contribution in [2.24, 2.45) is 17.8 Å². The van der Waals surface area contributed by atoms with E-state index in [0.717, 1.165) is 7.11 Å². The zero-order valence-corrected chi connectivity index (χ0v) is 19.4. The monoisotopic (exact) mass is 477 g/mol. The summed E-state index contributed by atoms with van der Waals surface area (Å²) in [7, 11) is 2.57. The molecular formula is C26H23NO8. The Kier molecular flexibility index (Phi) is 5.23. The summed E-state index contributed by atoms with van der Waals surface area (Å²) in [6, 6.07) is 4.63. The van der Waals surface area contributed by atoms with Crippen molar-refractivity contribution < 1.29 is 38.6 Å². The van der Waals surface area contributed by atoms with Crippen LogP contribution in [0.5, 0.6) is 11.5 Å². The highest BCUT2D eigenvalue weighted by Gasteiger charge is 2.58. The Hall–Kier alpha value is -4.01. The number of phenols is 1. The Bertz CT molecular complexity index is 1320. The maximum atomic E-state index is 13.3. The van der Waals surface area contributed by atoms with Gasteiger partial charge in [0, 0.05) is 28.2 Å². The molecule has 0 radical (unpaired) electrons. The number of amides is 3. The van der Waals surface area contributed by atoms with Crippen LogP contribution in [0.4, 0.5) is 4.79 Å². The fourth-order valence-electron chi connectivity index (χ4n) is 5.88. The summed E-state index contributed by atoms with van der Waals surface area (Å²) in [6.45, 7) is 1.57. The summed E-state index contributed by atoms with van der Waals surface area (Å²) in [6.07, 6.45) is 2.29. The number of hydrogen-bond acceptors (Lipinski definition) is 8. The van der Waals surface area contributed by atoms with Gasteiger partial charge in [-0.15, -0.1) is 0 Å². The molecule has 9 nitrogen and oxygen atoms in total. The minimum Gasteiger partial charge on any atom is -0.508 e. The van der Waals surface area contributed by atoms with Gasteiger partial charge in [-0.3, -0.25) is 19.2 Å². The van der Waals surface area contributed by atoms with Gasteiger partial charge in [0.2, 0.25) is 11.8 Å². The van der Waals surface area contributed by atoms with E-state index in [0.29, 0.717) is 21.8 Å². The molecule has 1 saturated heterocycles. The third-order valence-corrected chi connectivity index (χ3v) is 7.47. The van der Waals surface area contributed by atoms with E-state index >= 15 is 0 Å². The first-order valence-corrected chi connectivity index (χ1v) is 11.2. The molecular weight excluding hydrogens is 454 g/mol. The molecule has 1 heterocycles. The van der Waals surface area contributed by atoms with Crippen LogP contribution >= 0.6 is 0 Å². The minimum absolute atomic E-state index is 0.0753. The normalized spacial score (nSPS) is 27.7. The van der Waals surface area contributed by atoms with E-state index in [9.17, 15) is 29.1 Å². The lowest BCUT2D eigenvalue weighted by molar-refractivity contribution is -0.137. The third kappa shape index (κ3) is 3.18. The number of phenolic OH excluding ortho intramolecular Hbond substituents is 1. The van der Waals surface area contributed by atoms with Crippen molar-refractivity contribution in [3.05, 3.63) is 58.2 Å². The molecule has 0 spiro atoms. The Balaban J connectivity index is 1.70. The molecule has 0 saturated carbocycles. The van der Waals surface area contributed by atoms with Gasteiger partial charge in [-0.2, -0.15) is 4.90 Å². The number of methoxy groups -OCH3 is 2. The number of ketones is 2. The molecule has 1 aromatic rings. The van der Waals surface area contributed by atoms with E-state index in [-0.39, 0.29) is 46.9 Å². The van der Waals surface area contributed by atoms with Crippen molar-refractivity contribution in [1.82, 2.24) is 4.90 Å². The van der Waals surface area contributed by atoms with E-state index in [1.165, 1.54) is 19.3 Å². The summed E-state index contributed by atoms with van der Waals surface area (Å²) in [5.41, 5.74) is 1.84.